The van der Waals surface area contributed by atoms with Crippen molar-refractivity contribution in [3.63, 3.8) is 0 Å². The fraction of sp³-hybridized carbons (Fsp3) is 0. The number of carboxylic acid groups (broad SMARTS) is 1. The van der Waals surface area contributed by atoms with E-state index in [1.165, 1.54) is 0 Å². The summed E-state index contributed by atoms with van der Waals surface area (Å²) in [4.78, 5) is 8.36. The molecule has 30 valence electrons. The van der Waals surface area contributed by atoms with E-state index in [0.29, 0.717) is 0 Å². The van der Waals surface area contributed by atoms with Gasteiger partial charge in [0.1, 0.15) is 0 Å². The molecule has 0 bridgehead atoms. The van der Waals surface area contributed by atoms with Crippen molar-refractivity contribution in [1.29, 1.82) is 0 Å². The first-order valence-corrected chi connectivity index (χ1v) is 0.494. The van der Waals surface area contributed by atoms with Gasteiger partial charge in [-0.05, 0) is 0 Å². The average molecular weight is 286 g/mol. The van der Waals surface area contributed by atoms with Crippen molar-refractivity contribution in [2.75, 3.05) is 0 Å². The van der Waals surface area contributed by atoms with Crippen LogP contribution in [0, 0.1) is 0 Å². The molecule has 0 unspecified atom stereocenters. The van der Waals surface area contributed by atoms with Gasteiger partial charge < -0.3 is 6.53 Å². The van der Waals surface area contributed by atoms with E-state index in [-0.39, 0.29) is 97.2 Å². The molecule has 0 saturated heterocycles. The van der Waals surface area contributed by atoms with E-state index < -0.39 is 0 Å². The maximum absolute atomic E-state index is 8.36. The van der Waals surface area contributed by atoms with E-state index in [1.54, 1.807) is 0 Å². The van der Waals surface area contributed by atoms with Gasteiger partial charge in [-0.15, -0.1) is 0 Å². The molecule has 0 spiro atoms. The summed E-state index contributed by atoms with van der Waals surface area (Å²) in [5.41, 5.74) is 0. The van der Waals surface area contributed by atoms with Gasteiger partial charge >= 0.3 is 68.9 Å². The van der Waals surface area contributed by atoms with Crippen LogP contribution < -0.4 is 68.9 Å². The first kappa shape index (κ1) is 15.7. The van der Waals surface area contributed by atoms with Gasteiger partial charge in [-0.2, -0.15) is 0 Å². The van der Waals surface area contributed by atoms with Gasteiger partial charge in [-0.25, -0.2) is 0 Å². The fourth-order valence-corrected chi connectivity index (χ4v) is 0. The van der Waals surface area contributed by atoms with Gasteiger partial charge in [0.15, 0.2) is 0 Å². The van der Waals surface area contributed by atoms with Crippen molar-refractivity contribution >= 4 is 6.47 Å². The van der Waals surface area contributed by atoms with Crippen LogP contribution in [0.2, 0.25) is 0 Å². The van der Waals surface area contributed by atoms with E-state index in [9.17, 15) is 0 Å². The summed E-state index contributed by atoms with van der Waals surface area (Å²) in [7, 11) is 0. The Morgan fingerprint density at radius 1 is 1.80 bits per heavy atom. The molecule has 1 N–H and O–H groups in total. The molecule has 0 aliphatic heterocycles. The molecule has 0 rings (SSSR count). The zero-order valence-corrected chi connectivity index (χ0v) is 10.6. The van der Waals surface area contributed by atoms with Crippen molar-refractivity contribution in [2.24, 2.45) is 0 Å². The summed E-state index contributed by atoms with van der Waals surface area (Å²) in [6.45, 7) is -0.250. The summed E-state index contributed by atoms with van der Waals surface area (Å²) in [6.07, 6.45) is 0. The van der Waals surface area contributed by atoms with Crippen molar-refractivity contribution in [3.05, 3.63) is 0 Å². The van der Waals surface area contributed by atoms with Crippen molar-refractivity contribution in [2.45, 2.75) is 0 Å². The van der Waals surface area contributed by atoms with E-state index >= 15 is 0 Å². The Labute approximate surface area is 104 Å². The molecule has 0 atom stereocenters. The summed E-state index contributed by atoms with van der Waals surface area (Å²) in [5.74, 6) is 0. The molecular formula is CH3CsO2Pd. The first-order valence-electron chi connectivity index (χ1n) is 0.494. The monoisotopic (exact) mass is 286 g/mol. The van der Waals surface area contributed by atoms with Crippen LogP contribution in [0.4, 0.5) is 0 Å². The van der Waals surface area contributed by atoms with Crippen LogP contribution in [0.3, 0.4) is 0 Å². The summed E-state index contributed by atoms with van der Waals surface area (Å²) >= 11 is 0. The Morgan fingerprint density at radius 3 is 1.80 bits per heavy atom. The molecule has 0 fully saturated rings. The van der Waals surface area contributed by atoms with Gasteiger partial charge in [0, 0.05) is 20.4 Å². The number of hydrogen-bond acceptors (Lipinski definition) is 1. The van der Waals surface area contributed by atoms with E-state index in [2.05, 4.69) is 0 Å². The second-order valence-corrected chi connectivity index (χ2v) is 0.105. The quantitative estimate of drug-likeness (QED) is 0.376. The molecule has 0 aromatic rings. The Morgan fingerprint density at radius 2 is 1.80 bits per heavy atom. The van der Waals surface area contributed by atoms with Crippen molar-refractivity contribution in [3.8, 4) is 0 Å². The van der Waals surface area contributed by atoms with Crippen LogP contribution >= 0.6 is 0 Å². The molecule has 2 nitrogen and oxygen atoms in total. The Kier molecular flexibility index (Phi) is 51.5. The Bertz CT molecular complexity index is 21.0. The summed E-state index contributed by atoms with van der Waals surface area (Å²) in [5, 5.41) is 6.89. The third kappa shape index (κ3) is 22.7. The predicted octanol–water partition coefficient (Wildman–Crippen LogP) is -3.19. The van der Waals surface area contributed by atoms with Crippen LogP contribution in [0.25, 0.3) is 0 Å². The molecular weight excluding hydrogens is 283 g/mol. The minimum atomic E-state index is -0.250. The molecule has 0 aliphatic carbocycles. The van der Waals surface area contributed by atoms with E-state index in [4.69, 9.17) is 9.90 Å². The third-order valence-electron chi connectivity index (χ3n) is 0. The minimum absolute atomic E-state index is 0. The first-order chi connectivity index (χ1) is 1.41. The maximum Gasteiger partial charge on any atom is 1.00 e. The molecule has 0 heterocycles. The van der Waals surface area contributed by atoms with Crippen LogP contribution in [0.1, 0.15) is 1.43 Å². The fourth-order valence-electron chi connectivity index (χ4n) is 0. The van der Waals surface area contributed by atoms with Crippen LogP contribution in [0.15, 0.2) is 0 Å². The molecule has 5 heavy (non-hydrogen) atoms. The van der Waals surface area contributed by atoms with Gasteiger partial charge in [0.2, 0.25) is 0 Å². The number of rotatable bonds is 0. The predicted molar refractivity (Wildman–Crippen MR) is 9.80 cm³/mol. The van der Waals surface area contributed by atoms with E-state index in [1.807, 2.05) is 0 Å². The molecule has 4 heteroatoms. The second-order valence-electron chi connectivity index (χ2n) is 0.105. The minimum Gasteiger partial charge on any atom is -1.00 e. The van der Waals surface area contributed by atoms with Crippen LogP contribution in [-0.2, 0) is 25.2 Å². The zero-order valence-electron chi connectivity index (χ0n) is 3.75. The van der Waals surface area contributed by atoms with Gasteiger partial charge in [-0.3, -0.25) is 4.79 Å². The third-order valence-corrected chi connectivity index (χ3v) is 0. The Hall–Kier alpha value is 2.18. The molecule has 0 radical (unpaired) electrons. The van der Waals surface area contributed by atoms with Gasteiger partial charge in [0.05, 0.1) is 0 Å². The van der Waals surface area contributed by atoms with Gasteiger partial charge in [0.25, 0.3) is 6.47 Å². The Balaban J connectivity index is -0.00000000667. The maximum atomic E-state index is 8.36. The van der Waals surface area contributed by atoms with Crippen molar-refractivity contribution in [1.82, 2.24) is 0 Å². The standard InChI is InChI=1S/CH2O2.Cs.Pd.H/c2-1-3;;;/h1H,(H,2,3);;;/q;+1;;-1. The topological polar surface area (TPSA) is 37.3 Å². The molecule has 0 aromatic heterocycles. The zero-order chi connectivity index (χ0) is 2.71. The van der Waals surface area contributed by atoms with E-state index in [0.717, 1.165) is 0 Å². The molecule has 0 aliphatic rings. The summed E-state index contributed by atoms with van der Waals surface area (Å²) in [6, 6.07) is 0. The number of hydrogen-bond donors (Lipinski definition) is 1. The molecule has 0 amide bonds. The number of carbonyl (C=O) groups is 1. The second kappa shape index (κ2) is 16.4. The smallest absolute Gasteiger partial charge is 1.00 e. The molecule has 0 aromatic carbocycles. The largest absolute Gasteiger partial charge is 1.00 e. The van der Waals surface area contributed by atoms with Crippen LogP contribution in [-0.4, -0.2) is 11.6 Å². The SMILES string of the molecule is O=CO.[Cs+].[H-].[Pd]. The van der Waals surface area contributed by atoms with Gasteiger partial charge in [-0.1, -0.05) is 0 Å². The molecule has 0 saturated carbocycles. The summed E-state index contributed by atoms with van der Waals surface area (Å²) < 4.78 is 0. The average Bonchev–Trinajstić information content (AvgIpc) is 0.918. The normalized spacial score (nSPS) is 2.40. The van der Waals surface area contributed by atoms with Crippen molar-refractivity contribution < 1.29 is 101 Å². The van der Waals surface area contributed by atoms with Crippen LogP contribution in [0.5, 0.6) is 0 Å².